The third-order valence-electron chi connectivity index (χ3n) is 3.82. The minimum absolute atomic E-state index is 0.0355. The van der Waals surface area contributed by atoms with Gasteiger partial charge in [-0.15, -0.1) is 0 Å². The first-order valence-corrected chi connectivity index (χ1v) is 7.23. The molecule has 2 amide bonds. The van der Waals surface area contributed by atoms with Gasteiger partial charge in [-0.1, -0.05) is 49.4 Å². The molecule has 112 valence electrons. The highest BCUT2D eigenvalue weighted by Gasteiger charge is 2.13. The van der Waals surface area contributed by atoms with Crippen LogP contribution in [0.15, 0.2) is 42.5 Å². The fourth-order valence-electron chi connectivity index (χ4n) is 2.18. The van der Waals surface area contributed by atoms with E-state index < -0.39 is 0 Å². The number of nitrogens with one attached hydrogen (secondary N) is 2. The Morgan fingerprint density at radius 1 is 1.14 bits per heavy atom. The second kappa shape index (κ2) is 7.09. The number of carbonyl (C=O) groups is 1. The van der Waals surface area contributed by atoms with E-state index in [2.05, 4.69) is 28.8 Å². The molecule has 2 aromatic rings. The molecule has 0 aliphatic rings. The van der Waals surface area contributed by atoms with Crippen LogP contribution < -0.4 is 10.6 Å². The highest BCUT2D eigenvalue weighted by atomic mass is 16.3. The van der Waals surface area contributed by atoms with Crippen LogP contribution in [0.5, 0.6) is 0 Å². The highest BCUT2D eigenvalue weighted by molar-refractivity contribution is 5.86. The van der Waals surface area contributed by atoms with Crippen molar-refractivity contribution in [3.8, 4) is 0 Å². The van der Waals surface area contributed by atoms with Gasteiger partial charge in [0.15, 0.2) is 0 Å². The maximum Gasteiger partial charge on any atom is 0.315 e. The quantitative estimate of drug-likeness (QED) is 0.791. The smallest absolute Gasteiger partial charge is 0.315 e. The van der Waals surface area contributed by atoms with Gasteiger partial charge < -0.3 is 15.7 Å². The summed E-state index contributed by atoms with van der Waals surface area (Å²) in [7, 11) is 0. The van der Waals surface area contributed by atoms with Crippen LogP contribution in [-0.4, -0.2) is 23.8 Å². The maximum atomic E-state index is 11.9. The van der Waals surface area contributed by atoms with Crippen molar-refractivity contribution in [2.75, 3.05) is 6.61 Å². The number of rotatable bonds is 5. The van der Waals surface area contributed by atoms with E-state index in [4.69, 9.17) is 5.11 Å². The van der Waals surface area contributed by atoms with Crippen LogP contribution in [0.3, 0.4) is 0 Å². The van der Waals surface area contributed by atoms with Crippen LogP contribution in [0.1, 0.15) is 19.4 Å². The lowest BCUT2D eigenvalue weighted by molar-refractivity contribution is 0.200. The number of hydrogen-bond acceptors (Lipinski definition) is 2. The Morgan fingerprint density at radius 2 is 1.86 bits per heavy atom. The molecule has 4 heteroatoms. The zero-order valence-electron chi connectivity index (χ0n) is 12.5. The first-order chi connectivity index (χ1) is 10.1. The van der Waals surface area contributed by atoms with Crippen LogP contribution in [0, 0.1) is 5.92 Å². The van der Waals surface area contributed by atoms with Gasteiger partial charge in [-0.25, -0.2) is 4.79 Å². The fraction of sp³-hybridized carbons (Fsp3) is 0.353. The standard InChI is InChI=1S/C17H22N2O2/c1-12(11-20)13(2)19-17(21)18-10-15-8-5-7-14-6-3-4-9-16(14)15/h3-9,12-13,20H,10-11H2,1-2H3,(H2,18,19,21). The van der Waals surface area contributed by atoms with E-state index in [-0.39, 0.29) is 24.6 Å². The van der Waals surface area contributed by atoms with Crippen LogP contribution in [0.25, 0.3) is 10.8 Å². The summed E-state index contributed by atoms with van der Waals surface area (Å²) in [4.78, 5) is 11.9. The molecule has 0 fully saturated rings. The van der Waals surface area contributed by atoms with Crippen LogP contribution in [-0.2, 0) is 6.54 Å². The van der Waals surface area contributed by atoms with Crippen LogP contribution in [0.2, 0.25) is 0 Å². The van der Waals surface area contributed by atoms with Crippen molar-refractivity contribution >= 4 is 16.8 Å². The van der Waals surface area contributed by atoms with Gasteiger partial charge in [0.05, 0.1) is 0 Å². The van der Waals surface area contributed by atoms with Gasteiger partial charge in [0.1, 0.15) is 0 Å². The fourth-order valence-corrected chi connectivity index (χ4v) is 2.18. The average molecular weight is 286 g/mol. The molecule has 0 aliphatic heterocycles. The molecule has 2 atom stereocenters. The summed E-state index contributed by atoms with van der Waals surface area (Å²) < 4.78 is 0. The number of fused-ring (bicyclic) bond motifs is 1. The molecular weight excluding hydrogens is 264 g/mol. The molecule has 0 aromatic heterocycles. The summed E-state index contributed by atoms with van der Waals surface area (Å²) in [5.41, 5.74) is 1.09. The molecule has 3 N–H and O–H groups in total. The predicted molar refractivity (Wildman–Crippen MR) is 85.0 cm³/mol. The lowest BCUT2D eigenvalue weighted by atomic mass is 10.0. The van der Waals surface area contributed by atoms with Crippen molar-refractivity contribution in [1.29, 1.82) is 0 Å². The molecule has 0 spiro atoms. The van der Waals surface area contributed by atoms with Gasteiger partial charge in [-0.2, -0.15) is 0 Å². The normalized spacial score (nSPS) is 13.7. The molecule has 0 bridgehead atoms. The van der Waals surface area contributed by atoms with E-state index in [9.17, 15) is 4.79 Å². The topological polar surface area (TPSA) is 61.4 Å². The molecule has 0 aliphatic carbocycles. The zero-order chi connectivity index (χ0) is 15.2. The summed E-state index contributed by atoms with van der Waals surface area (Å²) in [6, 6.07) is 13.9. The minimum atomic E-state index is -0.212. The van der Waals surface area contributed by atoms with Gasteiger partial charge >= 0.3 is 6.03 Å². The second-order valence-electron chi connectivity index (χ2n) is 5.41. The lowest BCUT2D eigenvalue weighted by Gasteiger charge is -2.19. The molecule has 2 aromatic carbocycles. The van der Waals surface area contributed by atoms with Gasteiger partial charge in [0, 0.05) is 19.2 Å². The average Bonchev–Trinajstić information content (AvgIpc) is 2.51. The number of benzene rings is 2. The second-order valence-corrected chi connectivity index (χ2v) is 5.41. The minimum Gasteiger partial charge on any atom is -0.396 e. The van der Waals surface area contributed by atoms with Crippen molar-refractivity contribution in [3.05, 3.63) is 48.0 Å². The van der Waals surface area contributed by atoms with Crippen molar-refractivity contribution in [3.63, 3.8) is 0 Å². The Morgan fingerprint density at radius 3 is 2.62 bits per heavy atom. The van der Waals surface area contributed by atoms with E-state index >= 15 is 0 Å². The SMILES string of the molecule is CC(CO)C(C)NC(=O)NCc1cccc2ccccc12. The first-order valence-electron chi connectivity index (χ1n) is 7.23. The zero-order valence-corrected chi connectivity index (χ0v) is 12.5. The summed E-state index contributed by atoms with van der Waals surface area (Å²) in [6.07, 6.45) is 0. The summed E-state index contributed by atoms with van der Waals surface area (Å²) in [5.74, 6) is 0.0355. The molecule has 2 unspecified atom stereocenters. The number of carbonyl (C=O) groups excluding carboxylic acids is 1. The number of hydrogen-bond donors (Lipinski definition) is 3. The number of amides is 2. The van der Waals surface area contributed by atoms with E-state index in [1.54, 1.807) is 0 Å². The summed E-state index contributed by atoms with van der Waals surface area (Å²) in [6.45, 7) is 4.33. The van der Waals surface area contributed by atoms with Gasteiger partial charge in [-0.05, 0) is 29.2 Å². The molecule has 4 nitrogen and oxygen atoms in total. The molecule has 0 radical (unpaired) electrons. The Balaban J connectivity index is 1.97. The molecule has 0 saturated heterocycles. The van der Waals surface area contributed by atoms with E-state index in [1.807, 2.05) is 38.1 Å². The molecule has 0 heterocycles. The Labute approximate surface area is 125 Å². The van der Waals surface area contributed by atoms with E-state index in [0.717, 1.165) is 10.9 Å². The number of aliphatic hydroxyl groups excluding tert-OH is 1. The first kappa shape index (κ1) is 15.3. The Kier molecular flexibility index (Phi) is 5.17. The van der Waals surface area contributed by atoms with Crippen molar-refractivity contribution in [2.45, 2.75) is 26.4 Å². The lowest BCUT2D eigenvalue weighted by Crippen LogP contribution is -2.43. The predicted octanol–water partition coefficient (Wildman–Crippen LogP) is 2.66. The largest absolute Gasteiger partial charge is 0.396 e. The molecular formula is C17H22N2O2. The van der Waals surface area contributed by atoms with Crippen molar-refractivity contribution < 1.29 is 9.90 Å². The monoisotopic (exact) mass is 286 g/mol. The Bertz CT molecular complexity index is 607. The van der Waals surface area contributed by atoms with E-state index in [1.165, 1.54) is 5.39 Å². The van der Waals surface area contributed by atoms with Crippen molar-refractivity contribution in [1.82, 2.24) is 10.6 Å². The summed E-state index contributed by atoms with van der Waals surface area (Å²) >= 11 is 0. The molecule has 2 rings (SSSR count). The number of urea groups is 1. The Hall–Kier alpha value is -2.07. The molecule has 21 heavy (non-hydrogen) atoms. The third-order valence-corrected chi connectivity index (χ3v) is 3.82. The van der Waals surface area contributed by atoms with Gasteiger partial charge in [0.25, 0.3) is 0 Å². The summed E-state index contributed by atoms with van der Waals surface area (Å²) in [5, 5.41) is 17.1. The molecule has 0 saturated carbocycles. The third kappa shape index (κ3) is 3.95. The maximum absolute atomic E-state index is 11.9. The number of aliphatic hydroxyl groups is 1. The van der Waals surface area contributed by atoms with Gasteiger partial charge in [0.2, 0.25) is 0 Å². The van der Waals surface area contributed by atoms with E-state index in [0.29, 0.717) is 6.54 Å². The van der Waals surface area contributed by atoms with Crippen molar-refractivity contribution in [2.24, 2.45) is 5.92 Å². The van der Waals surface area contributed by atoms with Gasteiger partial charge in [-0.3, -0.25) is 0 Å². The highest BCUT2D eigenvalue weighted by Crippen LogP contribution is 2.18. The van der Waals surface area contributed by atoms with Crippen LogP contribution >= 0.6 is 0 Å². The van der Waals surface area contributed by atoms with Crippen LogP contribution in [0.4, 0.5) is 4.79 Å².